The summed E-state index contributed by atoms with van der Waals surface area (Å²) >= 11 is 5.66. The van der Waals surface area contributed by atoms with Crippen LogP contribution in [0.4, 0.5) is 0 Å². The Balaban J connectivity index is 2.67. The molecule has 1 atom stereocenters. The summed E-state index contributed by atoms with van der Waals surface area (Å²) in [5.74, 6) is -1.32. The Morgan fingerprint density at radius 2 is 2.18 bits per heavy atom. The minimum atomic E-state index is -1.04. The maximum atomic E-state index is 11.7. The van der Waals surface area contributed by atoms with Gasteiger partial charge < -0.3 is 15.4 Å². The standard InChI is InChI=1S/C11H15ClN2O3/c1-6(2)3-9(11(16)17)14-10(15)8-4-7(12)5-13-8/h4-6,9,13H,3H2,1-2H3,(H,14,15)(H,16,17)/t9-/m0/s1. The van der Waals surface area contributed by atoms with Gasteiger partial charge in [-0.15, -0.1) is 0 Å². The van der Waals surface area contributed by atoms with Crippen LogP contribution in [0.1, 0.15) is 30.8 Å². The average molecular weight is 259 g/mol. The van der Waals surface area contributed by atoms with Gasteiger partial charge in [0.15, 0.2) is 0 Å². The zero-order valence-corrected chi connectivity index (χ0v) is 10.4. The molecule has 17 heavy (non-hydrogen) atoms. The lowest BCUT2D eigenvalue weighted by atomic mass is 10.0. The number of hydrogen-bond donors (Lipinski definition) is 3. The van der Waals surface area contributed by atoms with Gasteiger partial charge in [-0.1, -0.05) is 25.4 Å². The second-order valence-electron chi connectivity index (χ2n) is 4.23. The van der Waals surface area contributed by atoms with Gasteiger partial charge in [-0.3, -0.25) is 4.79 Å². The van der Waals surface area contributed by atoms with Crippen LogP contribution in [-0.2, 0) is 4.79 Å². The van der Waals surface area contributed by atoms with Crippen molar-refractivity contribution >= 4 is 23.5 Å². The Morgan fingerprint density at radius 3 is 2.59 bits per heavy atom. The zero-order valence-electron chi connectivity index (χ0n) is 9.66. The van der Waals surface area contributed by atoms with E-state index in [-0.39, 0.29) is 11.6 Å². The van der Waals surface area contributed by atoms with Crippen molar-refractivity contribution in [2.75, 3.05) is 0 Å². The molecule has 1 heterocycles. The first-order valence-corrected chi connectivity index (χ1v) is 5.65. The fourth-order valence-electron chi connectivity index (χ4n) is 1.43. The van der Waals surface area contributed by atoms with Crippen molar-refractivity contribution in [3.63, 3.8) is 0 Å². The number of aromatic amines is 1. The Hall–Kier alpha value is -1.49. The predicted molar refractivity (Wildman–Crippen MR) is 64.1 cm³/mol. The lowest BCUT2D eigenvalue weighted by Crippen LogP contribution is -2.41. The number of aromatic nitrogens is 1. The zero-order chi connectivity index (χ0) is 13.0. The number of carboxylic acid groups (broad SMARTS) is 1. The number of aliphatic carboxylic acids is 1. The molecule has 0 unspecified atom stereocenters. The predicted octanol–water partition coefficient (Wildman–Crippen LogP) is 1.90. The number of carbonyl (C=O) groups excluding carboxylic acids is 1. The van der Waals surface area contributed by atoms with Crippen molar-refractivity contribution < 1.29 is 14.7 Å². The van der Waals surface area contributed by atoms with Crippen LogP contribution in [0.3, 0.4) is 0 Å². The van der Waals surface area contributed by atoms with E-state index in [4.69, 9.17) is 16.7 Å². The number of amides is 1. The van der Waals surface area contributed by atoms with Crippen LogP contribution in [0, 0.1) is 5.92 Å². The number of rotatable bonds is 5. The molecule has 0 saturated heterocycles. The van der Waals surface area contributed by atoms with Crippen LogP contribution >= 0.6 is 11.6 Å². The first kappa shape index (κ1) is 13.6. The summed E-state index contributed by atoms with van der Waals surface area (Å²) in [6, 6.07) is 0.565. The molecule has 0 bridgehead atoms. The van der Waals surface area contributed by atoms with Crippen molar-refractivity contribution in [1.82, 2.24) is 10.3 Å². The van der Waals surface area contributed by atoms with Crippen molar-refractivity contribution in [3.05, 3.63) is 23.0 Å². The van der Waals surface area contributed by atoms with Gasteiger partial charge in [0.25, 0.3) is 5.91 Å². The number of nitrogens with one attached hydrogen (secondary N) is 2. The summed E-state index contributed by atoms with van der Waals surface area (Å²) < 4.78 is 0. The highest BCUT2D eigenvalue weighted by atomic mass is 35.5. The quantitative estimate of drug-likeness (QED) is 0.754. The van der Waals surface area contributed by atoms with E-state index in [0.29, 0.717) is 11.4 Å². The number of H-pyrrole nitrogens is 1. The first-order chi connectivity index (χ1) is 7.90. The summed E-state index contributed by atoms with van der Waals surface area (Å²) in [6.45, 7) is 3.79. The molecule has 1 aromatic rings. The second kappa shape index (κ2) is 5.72. The lowest BCUT2D eigenvalue weighted by Gasteiger charge is -2.15. The molecule has 5 nitrogen and oxygen atoms in total. The van der Waals surface area contributed by atoms with Crippen LogP contribution in [-0.4, -0.2) is 28.0 Å². The molecule has 0 saturated carbocycles. The summed E-state index contributed by atoms with van der Waals surface area (Å²) in [5, 5.41) is 11.8. The van der Waals surface area contributed by atoms with E-state index in [1.54, 1.807) is 0 Å². The third-order valence-corrected chi connectivity index (χ3v) is 2.42. The van der Waals surface area contributed by atoms with Crippen molar-refractivity contribution in [2.45, 2.75) is 26.3 Å². The van der Waals surface area contributed by atoms with Gasteiger partial charge >= 0.3 is 5.97 Å². The molecule has 1 rings (SSSR count). The van der Waals surface area contributed by atoms with E-state index in [1.807, 2.05) is 13.8 Å². The molecule has 0 fully saturated rings. The molecule has 0 radical (unpaired) electrons. The summed E-state index contributed by atoms with van der Waals surface area (Å²) in [5.41, 5.74) is 0.255. The van der Waals surface area contributed by atoms with Crippen molar-refractivity contribution in [2.24, 2.45) is 5.92 Å². The summed E-state index contributed by atoms with van der Waals surface area (Å²) in [4.78, 5) is 25.3. The van der Waals surface area contributed by atoms with Gasteiger partial charge in [0.05, 0.1) is 5.02 Å². The van der Waals surface area contributed by atoms with E-state index in [9.17, 15) is 9.59 Å². The van der Waals surface area contributed by atoms with E-state index < -0.39 is 17.9 Å². The van der Waals surface area contributed by atoms with E-state index in [1.165, 1.54) is 12.3 Å². The van der Waals surface area contributed by atoms with Crippen LogP contribution in [0.2, 0.25) is 5.02 Å². The Labute approximate surface area is 104 Å². The van der Waals surface area contributed by atoms with Gasteiger partial charge in [0, 0.05) is 6.20 Å². The molecule has 3 N–H and O–H groups in total. The molecule has 0 aliphatic rings. The Morgan fingerprint density at radius 1 is 1.53 bits per heavy atom. The van der Waals surface area contributed by atoms with Crippen molar-refractivity contribution in [3.8, 4) is 0 Å². The van der Waals surface area contributed by atoms with E-state index in [2.05, 4.69) is 10.3 Å². The number of halogens is 1. The first-order valence-electron chi connectivity index (χ1n) is 5.27. The summed E-state index contributed by atoms with van der Waals surface area (Å²) in [6.07, 6.45) is 1.85. The third kappa shape index (κ3) is 4.11. The largest absolute Gasteiger partial charge is 0.480 e. The van der Waals surface area contributed by atoms with E-state index >= 15 is 0 Å². The molecular weight excluding hydrogens is 244 g/mol. The molecule has 1 aromatic heterocycles. The normalized spacial score (nSPS) is 12.5. The maximum absolute atomic E-state index is 11.7. The number of hydrogen-bond acceptors (Lipinski definition) is 2. The fraction of sp³-hybridized carbons (Fsp3) is 0.455. The van der Waals surface area contributed by atoms with Gasteiger partial charge in [-0.05, 0) is 18.4 Å². The molecule has 0 aliphatic heterocycles. The maximum Gasteiger partial charge on any atom is 0.326 e. The Bertz CT molecular complexity index is 415. The number of carbonyl (C=O) groups is 2. The number of carboxylic acids is 1. The van der Waals surface area contributed by atoms with Crippen molar-refractivity contribution in [1.29, 1.82) is 0 Å². The van der Waals surface area contributed by atoms with Gasteiger partial charge in [-0.25, -0.2) is 4.79 Å². The highest BCUT2D eigenvalue weighted by Crippen LogP contribution is 2.10. The SMILES string of the molecule is CC(C)C[C@H](NC(=O)c1cc(Cl)c[nH]1)C(=O)O. The highest BCUT2D eigenvalue weighted by Gasteiger charge is 2.22. The molecule has 1 amide bonds. The van der Waals surface area contributed by atoms with Crippen LogP contribution in [0.5, 0.6) is 0 Å². The molecular formula is C11H15ClN2O3. The molecule has 0 aliphatic carbocycles. The van der Waals surface area contributed by atoms with Gasteiger partial charge in [-0.2, -0.15) is 0 Å². The summed E-state index contributed by atoms with van der Waals surface area (Å²) in [7, 11) is 0. The van der Waals surface area contributed by atoms with E-state index in [0.717, 1.165) is 0 Å². The average Bonchev–Trinajstić information content (AvgIpc) is 2.63. The van der Waals surface area contributed by atoms with Crippen LogP contribution < -0.4 is 5.32 Å². The molecule has 6 heteroatoms. The lowest BCUT2D eigenvalue weighted by molar-refractivity contribution is -0.139. The van der Waals surface area contributed by atoms with Gasteiger partial charge in [0.2, 0.25) is 0 Å². The minimum Gasteiger partial charge on any atom is -0.480 e. The molecule has 94 valence electrons. The topological polar surface area (TPSA) is 82.2 Å². The second-order valence-corrected chi connectivity index (χ2v) is 4.66. The van der Waals surface area contributed by atoms with Crippen LogP contribution in [0.15, 0.2) is 12.3 Å². The smallest absolute Gasteiger partial charge is 0.326 e. The molecule has 0 aromatic carbocycles. The van der Waals surface area contributed by atoms with Crippen LogP contribution in [0.25, 0.3) is 0 Å². The monoisotopic (exact) mass is 258 g/mol. The fourth-order valence-corrected chi connectivity index (χ4v) is 1.59. The van der Waals surface area contributed by atoms with Gasteiger partial charge in [0.1, 0.15) is 11.7 Å². The minimum absolute atomic E-state index is 0.184. The third-order valence-electron chi connectivity index (χ3n) is 2.20. The molecule has 0 spiro atoms. The highest BCUT2D eigenvalue weighted by molar-refractivity contribution is 6.30. The Kier molecular flexibility index (Phi) is 4.57.